The van der Waals surface area contributed by atoms with Crippen molar-refractivity contribution in [3.8, 4) is 5.75 Å². The number of aliphatic hydroxyl groups is 1. The maximum absolute atomic E-state index is 9.04. The quantitative estimate of drug-likeness (QED) is 0.850. The number of benzene rings is 1. The van der Waals surface area contributed by atoms with E-state index in [1.54, 1.807) is 0 Å². The minimum absolute atomic E-state index is 0.0234. The lowest BCUT2D eigenvalue weighted by Gasteiger charge is -2.22. The lowest BCUT2D eigenvalue weighted by molar-refractivity contribution is 0.143. The number of ether oxygens (including phenoxy) is 1. The standard InChI is InChI=1S/C16H21NO3/c1-3-14(17)16(15-9-4-11(2)19-15)20-13-7-5-12(10-18)6-8-13/h4-9,14,16,18H,3,10,17H2,1-2H3. The summed E-state index contributed by atoms with van der Waals surface area (Å²) in [6.07, 6.45) is 0.479. The van der Waals surface area contributed by atoms with Crippen LogP contribution in [0.1, 0.15) is 36.5 Å². The molecule has 0 fully saturated rings. The number of hydrogen-bond donors (Lipinski definition) is 2. The summed E-state index contributed by atoms with van der Waals surface area (Å²) in [5.74, 6) is 2.29. The van der Waals surface area contributed by atoms with Crippen LogP contribution in [0.5, 0.6) is 5.75 Å². The maximum atomic E-state index is 9.04. The second kappa shape index (κ2) is 6.59. The van der Waals surface area contributed by atoms with Crippen molar-refractivity contribution in [1.29, 1.82) is 0 Å². The summed E-state index contributed by atoms with van der Waals surface area (Å²) in [4.78, 5) is 0. The average Bonchev–Trinajstić information content (AvgIpc) is 2.91. The average molecular weight is 275 g/mol. The largest absolute Gasteiger partial charge is 0.481 e. The van der Waals surface area contributed by atoms with Gasteiger partial charge >= 0.3 is 0 Å². The molecule has 2 aromatic rings. The zero-order chi connectivity index (χ0) is 14.5. The highest BCUT2D eigenvalue weighted by atomic mass is 16.5. The first-order valence-corrected chi connectivity index (χ1v) is 6.82. The van der Waals surface area contributed by atoms with Crippen LogP contribution < -0.4 is 10.5 Å². The molecule has 2 rings (SSSR count). The van der Waals surface area contributed by atoms with Crippen LogP contribution in [0.2, 0.25) is 0 Å². The molecule has 20 heavy (non-hydrogen) atoms. The second-order valence-electron chi connectivity index (χ2n) is 4.86. The Morgan fingerprint density at radius 3 is 2.40 bits per heavy atom. The molecule has 0 aliphatic heterocycles. The van der Waals surface area contributed by atoms with E-state index in [2.05, 4.69) is 0 Å². The van der Waals surface area contributed by atoms with Crippen LogP contribution in [0.4, 0.5) is 0 Å². The summed E-state index contributed by atoms with van der Waals surface area (Å²) < 4.78 is 11.6. The van der Waals surface area contributed by atoms with Gasteiger partial charge in [-0.1, -0.05) is 19.1 Å². The molecule has 4 nitrogen and oxygen atoms in total. The SMILES string of the molecule is CCC(N)C(Oc1ccc(CO)cc1)c1ccc(C)o1. The van der Waals surface area contributed by atoms with Crippen molar-refractivity contribution in [3.63, 3.8) is 0 Å². The van der Waals surface area contributed by atoms with Gasteiger partial charge in [0.05, 0.1) is 6.61 Å². The van der Waals surface area contributed by atoms with Crippen molar-refractivity contribution in [2.45, 2.75) is 39.0 Å². The van der Waals surface area contributed by atoms with E-state index in [-0.39, 0.29) is 18.8 Å². The van der Waals surface area contributed by atoms with Gasteiger partial charge in [-0.15, -0.1) is 0 Å². The molecular weight excluding hydrogens is 254 g/mol. The Bertz CT molecular complexity index is 533. The fourth-order valence-electron chi connectivity index (χ4n) is 2.00. The first kappa shape index (κ1) is 14.6. The van der Waals surface area contributed by atoms with E-state index < -0.39 is 0 Å². The topological polar surface area (TPSA) is 68.6 Å². The Balaban J connectivity index is 2.18. The number of nitrogens with two attached hydrogens (primary N) is 1. The molecule has 0 spiro atoms. The van der Waals surface area contributed by atoms with Crippen molar-refractivity contribution in [2.75, 3.05) is 0 Å². The van der Waals surface area contributed by atoms with Gasteiger partial charge in [0.1, 0.15) is 17.3 Å². The van der Waals surface area contributed by atoms with Crippen LogP contribution in [0.25, 0.3) is 0 Å². The molecule has 0 saturated heterocycles. The molecule has 4 heteroatoms. The van der Waals surface area contributed by atoms with E-state index >= 15 is 0 Å². The molecule has 0 radical (unpaired) electrons. The van der Waals surface area contributed by atoms with E-state index in [0.717, 1.165) is 23.5 Å². The van der Waals surface area contributed by atoms with Crippen LogP contribution >= 0.6 is 0 Å². The second-order valence-corrected chi connectivity index (χ2v) is 4.86. The number of aryl methyl sites for hydroxylation is 1. The van der Waals surface area contributed by atoms with Crippen molar-refractivity contribution in [2.24, 2.45) is 5.73 Å². The highest BCUT2D eigenvalue weighted by molar-refractivity contribution is 5.27. The maximum Gasteiger partial charge on any atom is 0.171 e. The molecule has 0 bridgehead atoms. The van der Waals surface area contributed by atoms with Gasteiger partial charge in [0.2, 0.25) is 0 Å². The molecule has 108 valence electrons. The fraction of sp³-hybridized carbons (Fsp3) is 0.375. The summed E-state index contributed by atoms with van der Waals surface area (Å²) in [6, 6.07) is 11.0. The molecule has 1 heterocycles. The summed E-state index contributed by atoms with van der Waals surface area (Å²) in [5.41, 5.74) is 6.99. The third-order valence-corrected chi connectivity index (χ3v) is 3.27. The Morgan fingerprint density at radius 1 is 1.20 bits per heavy atom. The third kappa shape index (κ3) is 3.40. The Hall–Kier alpha value is -1.78. The van der Waals surface area contributed by atoms with Gasteiger partial charge in [-0.25, -0.2) is 0 Å². The predicted molar refractivity (Wildman–Crippen MR) is 77.4 cm³/mol. The zero-order valence-electron chi connectivity index (χ0n) is 11.9. The monoisotopic (exact) mass is 275 g/mol. The summed E-state index contributed by atoms with van der Waals surface area (Å²) in [5, 5.41) is 9.04. The van der Waals surface area contributed by atoms with Crippen molar-refractivity contribution >= 4 is 0 Å². The summed E-state index contributed by atoms with van der Waals surface area (Å²) in [6.45, 7) is 3.94. The first-order chi connectivity index (χ1) is 9.63. The van der Waals surface area contributed by atoms with Gasteiger partial charge in [0.15, 0.2) is 6.10 Å². The predicted octanol–water partition coefficient (Wildman–Crippen LogP) is 2.94. The number of furan rings is 1. The fourth-order valence-corrected chi connectivity index (χ4v) is 2.00. The molecule has 1 aromatic carbocycles. The van der Waals surface area contributed by atoms with Crippen LogP contribution in [-0.4, -0.2) is 11.1 Å². The van der Waals surface area contributed by atoms with Crippen molar-refractivity contribution in [1.82, 2.24) is 0 Å². The Kier molecular flexibility index (Phi) is 4.82. The molecule has 2 unspecified atom stereocenters. The molecular formula is C16H21NO3. The number of rotatable bonds is 6. The Morgan fingerprint density at radius 2 is 1.90 bits per heavy atom. The van der Waals surface area contributed by atoms with E-state index in [4.69, 9.17) is 20.0 Å². The molecule has 2 atom stereocenters. The Labute approximate surface area is 119 Å². The molecule has 0 aliphatic rings. The van der Waals surface area contributed by atoms with Gasteiger partial charge < -0.3 is 20.0 Å². The molecule has 1 aromatic heterocycles. The summed E-state index contributed by atoms with van der Waals surface area (Å²) >= 11 is 0. The number of hydrogen-bond acceptors (Lipinski definition) is 4. The van der Waals surface area contributed by atoms with Crippen molar-refractivity contribution in [3.05, 3.63) is 53.5 Å². The molecule has 0 saturated carbocycles. The molecule has 0 amide bonds. The number of aliphatic hydroxyl groups excluding tert-OH is 1. The van der Waals surface area contributed by atoms with Gasteiger partial charge in [0.25, 0.3) is 0 Å². The van der Waals surface area contributed by atoms with E-state index in [1.165, 1.54) is 0 Å². The van der Waals surface area contributed by atoms with Crippen LogP contribution in [0.3, 0.4) is 0 Å². The van der Waals surface area contributed by atoms with E-state index in [1.807, 2.05) is 50.2 Å². The molecule has 3 N–H and O–H groups in total. The lowest BCUT2D eigenvalue weighted by Crippen LogP contribution is -2.31. The first-order valence-electron chi connectivity index (χ1n) is 6.82. The smallest absolute Gasteiger partial charge is 0.171 e. The van der Waals surface area contributed by atoms with Crippen LogP contribution in [0.15, 0.2) is 40.8 Å². The van der Waals surface area contributed by atoms with Crippen molar-refractivity contribution < 1.29 is 14.3 Å². The summed E-state index contributed by atoms with van der Waals surface area (Å²) in [7, 11) is 0. The lowest BCUT2D eigenvalue weighted by atomic mass is 10.1. The highest BCUT2D eigenvalue weighted by Gasteiger charge is 2.23. The minimum Gasteiger partial charge on any atom is -0.481 e. The van der Waals surface area contributed by atoms with Gasteiger partial charge in [0, 0.05) is 6.04 Å². The normalized spacial score (nSPS) is 14.0. The van der Waals surface area contributed by atoms with E-state index in [9.17, 15) is 0 Å². The van der Waals surface area contributed by atoms with Gasteiger partial charge in [-0.05, 0) is 43.2 Å². The third-order valence-electron chi connectivity index (χ3n) is 3.27. The van der Waals surface area contributed by atoms with Gasteiger partial charge in [-0.3, -0.25) is 0 Å². The van der Waals surface area contributed by atoms with Crippen LogP contribution in [0, 0.1) is 6.92 Å². The van der Waals surface area contributed by atoms with Crippen LogP contribution in [-0.2, 0) is 6.61 Å². The molecule has 0 aliphatic carbocycles. The minimum atomic E-state index is -0.311. The van der Waals surface area contributed by atoms with Gasteiger partial charge in [-0.2, -0.15) is 0 Å². The highest BCUT2D eigenvalue weighted by Crippen LogP contribution is 2.27. The van der Waals surface area contributed by atoms with E-state index in [0.29, 0.717) is 5.75 Å². The zero-order valence-corrected chi connectivity index (χ0v) is 11.9.